The second-order valence-corrected chi connectivity index (χ2v) is 7.18. The molecule has 162 valence electrons. The molecule has 0 saturated heterocycles. The van der Waals surface area contributed by atoms with Crippen LogP contribution in [0, 0.1) is 17.6 Å². The molecule has 0 radical (unpaired) electrons. The van der Waals surface area contributed by atoms with Crippen LogP contribution in [0.1, 0.15) is 18.1 Å². The van der Waals surface area contributed by atoms with Gasteiger partial charge in [0.2, 0.25) is 11.8 Å². The van der Waals surface area contributed by atoms with Crippen LogP contribution >= 0.6 is 0 Å². The zero-order chi connectivity index (χ0) is 22.5. The summed E-state index contributed by atoms with van der Waals surface area (Å²) in [6, 6.07) is 8.96. The summed E-state index contributed by atoms with van der Waals surface area (Å²) in [5.74, 6) is -5.47. The average molecular weight is 429 g/mol. The molecule has 3 rings (SSSR count). The first-order valence-corrected chi connectivity index (χ1v) is 9.55. The molecule has 2 atom stereocenters. The molecule has 0 aliphatic heterocycles. The molecule has 1 aromatic heterocycles. The van der Waals surface area contributed by atoms with Crippen LogP contribution in [0.25, 0.3) is 10.9 Å². The molecule has 7 nitrogen and oxygen atoms in total. The van der Waals surface area contributed by atoms with Gasteiger partial charge in [-0.2, -0.15) is 0 Å². The summed E-state index contributed by atoms with van der Waals surface area (Å²) in [4.78, 5) is 39.4. The maximum atomic E-state index is 13.2. The monoisotopic (exact) mass is 429 g/mol. The van der Waals surface area contributed by atoms with Crippen LogP contribution in [0.3, 0.4) is 0 Å². The fraction of sp³-hybridized carbons (Fsp3) is 0.227. The SMILES string of the molecule is CC(C(=O)NCc1cc(F)cc(F)c1)C(=O)NC(Cc1c[nH]c2ccccc12)C(=O)O. The van der Waals surface area contributed by atoms with Crippen molar-refractivity contribution in [2.24, 2.45) is 5.92 Å². The van der Waals surface area contributed by atoms with E-state index >= 15 is 0 Å². The van der Waals surface area contributed by atoms with E-state index < -0.39 is 41.4 Å². The number of carboxylic acid groups (broad SMARTS) is 1. The van der Waals surface area contributed by atoms with Gasteiger partial charge in [-0.3, -0.25) is 9.59 Å². The Labute approximate surface area is 176 Å². The van der Waals surface area contributed by atoms with E-state index in [1.807, 2.05) is 24.3 Å². The number of hydrogen-bond donors (Lipinski definition) is 4. The van der Waals surface area contributed by atoms with E-state index in [1.54, 1.807) is 6.20 Å². The van der Waals surface area contributed by atoms with Gasteiger partial charge in [0.1, 0.15) is 23.6 Å². The number of nitrogens with one attached hydrogen (secondary N) is 3. The fourth-order valence-electron chi connectivity index (χ4n) is 3.19. The Morgan fingerprint density at radius 2 is 1.74 bits per heavy atom. The summed E-state index contributed by atoms with van der Waals surface area (Å²) >= 11 is 0. The Morgan fingerprint density at radius 3 is 2.42 bits per heavy atom. The van der Waals surface area contributed by atoms with Gasteiger partial charge in [0, 0.05) is 36.1 Å². The van der Waals surface area contributed by atoms with Gasteiger partial charge in [-0.1, -0.05) is 18.2 Å². The molecule has 2 aromatic carbocycles. The maximum Gasteiger partial charge on any atom is 0.326 e. The number of aromatic nitrogens is 1. The number of H-pyrrole nitrogens is 1. The Morgan fingerprint density at radius 1 is 1.06 bits per heavy atom. The predicted octanol–water partition coefficient (Wildman–Crippen LogP) is 2.51. The number of para-hydroxylation sites is 1. The van der Waals surface area contributed by atoms with Crippen molar-refractivity contribution >= 4 is 28.7 Å². The zero-order valence-electron chi connectivity index (χ0n) is 16.6. The number of rotatable bonds is 8. The summed E-state index contributed by atoms with van der Waals surface area (Å²) < 4.78 is 26.5. The molecular formula is C22H21F2N3O4. The van der Waals surface area contributed by atoms with Crippen molar-refractivity contribution < 1.29 is 28.3 Å². The standard InChI is InChI=1S/C22H21F2N3O4/c1-12(20(28)26-10-13-6-15(23)9-16(24)7-13)21(29)27-19(22(30)31)8-14-11-25-18-5-3-2-4-17(14)18/h2-7,9,11-12,19,25H,8,10H2,1H3,(H,26,28)(H,27,29)(H,30,31). The number of benzene rings is 2. The van der Waals surface area contributed by atoms with E-state index in [0.29, 0.717) is 11.6 Å². The van der Waals surface area contributed by atoms with Gasteiger partial charge in [0.25, 0.3) is 0 Å². The van der Waals surface area contributed by atoms with E-state index in [1.165, 1.54) is 6.92 Å². The Hall–Kier alpha value is -3.75. The van der Waals surface area contributed by atoms with E-state index in [4.69, 9.17) is 0 Å². The molecule has 0 fully saturated rings. The molecule has 1 heterocycles. The van der Waals surface area contributed by atoms with Crippen LogP contribution in [0.2, 0.25) is 0 Å². The highest BCUT2D eigenvalue weighted by Gasteiger charge is 2.27. The molecule has 0 saturated carbocycles. The van der Waals surface area contributed by atoms with Crippen molar-refractivity contribution in [3.63, 3.8) is 0 Å². The number of aliphatic carboxylic acids is 1. The summed E-state index contributed by atoms with van der Waals surface area (Å²) in [5, 5.41) is 15.2. The molecule has 2 amide bonds. The van der Waals surface area contributed by atoms with Crippen LogP contribution in [-0.2, 0) is 27.3 Å². The number of carboxylic acids is 1. The van der Waals surface area contributed by atoms with Crippen molar-refractivity contribution in [1.29, 1.82) is 0 Å². The average Bonchev–Trinajstić information content (AvgIpc) is 3.13. The molecule has 9 heteroatoms. The lowest BCUT2D eigenvalue weighted by Crippen LogP contribution is -2.47. The molecule has 0 aliphatic carbocycles. The number of carbonyl (C=O) groups excluding carboxylic acids is 2. The van der Waals surface area contributed by atoms with Gasteiger partial charge in [-0.05, 0) is 36.2 Å². The molecular weight excluding hydrogens is 408 g/mol. The second kappa shape index (κ2) is 9.38. The van der Waals surface area contributed by atoms with E-state index in [0.717, 1.165) is 23.0 Å². The topological polar surface area (TPSA) is 111 Å². The normalized spacial score (nSPS) is 12.9. The van der Waals surface area contributed by atoms with E-state index in [-0.39, 0.29) is 18.5 Å². The van der Waals surface area contributed by atoms with Crippen LogP contribution in [0.4, 0.5) is 8.78 Å². The lowest BCUT2D eigenvalue weighted by molar-refractivity contribution is -0.144. The molecule has 0 bridgehead atoms. The third kappa shape index (κ3) is 5.44. The number of fused-ring (bicyclic) bond motifs is 1. The minimum absolute atomic E-state index is 0.0298. The summed E-state index contributed by atoms with van der Waals surface area (Å²) in [7, 11) is 0. The first-order chi connectivity index (χ1) is 14.7. The minimum atomic E-state index is -1.24. The quantitative estimate of drug-likeness (QED) is 0.412. The number of amides is 2. The summed E-state index contributed by atoms with van der Waals surface area (Å²) in [5.41, 5.74) is 1.75. The Bertz CT molecular complexity index is 1110. The van der Waals surface area contributed by atoms with E-state index in [9.17, 15) is 28.3 Å². The molecule has 0 spiro atoms. The van der Waals surface area contributed by atoms with E-state index in [2.05, 4.69) is 15.6 Å². The van der Waals surface area contributed by atoms with Crippen molar-refractivity contribution in [3.05, 3.63) is 71.4 Å². The molecule has 4 N–H and O–H groups in total. The largest absolute Gasteiger partial charge is 0.480 e. The highest BCUT2D eigenvalue weighted by atomic mass is 19.1. The third-order valence-corrected chi connectivity index (χ3v) is 4.89. The van der Waals surface area contributed by atoms with Gasteiger partial charge < -0.3 is 20.7 Å². The van der Waals surface area contributed by atoms with Gasteiger partial charge in [0.05, 0.1) is 0 Å². The van der Waals surface area contributed by atoms with Crippen LogP contribution < -0.4 is 10.6 Å². The van der Waals surface area contributed by atoms with Crippen molar-refractivity contribution in [2.75, 3.05) is 0 Å². The molecule has 31 heavy (non-hydrogen) atoms. The molecule has 0 aliphatic rings. The highest BCUT2D eigenvalue weighted by molar-refractivity contribution is 6.01. The molecule has 2 unspecified atom stereocenters. The first kappa shape index (κ1) is 21.9. The first-order valence-electron chi connectivity index (χ1n) is 9.55. The number of aromatic amines is 1. The Balaban J connectivity index is 1.61. The van der Waals surface area contributed by atoms with Crippen molar-refractivity contribution in [2.45, 2.75) is 25.9 Å². The Kier molecular flexibility index (Phi) is 6.64. The second-order valence-electron chi connectivity index (χ2n) is 7.18. The summed E-state index contributed by atoms with van der Waals surface area (Å²) in [6.07, 6.45) is 1.71. The van der Waals surface area contributed by atoms with Gasteiger partial charge >= 0.3 is 5.97 Å². The van der Waals surface area contributed by atoms with Crippen LogP contribution in [0.15, 0.2) is 48.7 Å². The minimum Gasteiger partial charge on any atom is -0.480 e. The van der Waals surface area contributed by atoms with Crippen LogP contribution in [0.5, 0.6) is 0 Å². The lowest BCUT2D eigenvalue weighted by Gasteiger charge is -2.18. The van der Waals surface area contributed by atoms with Crippen molar-refractivity contribution in [3.8, 4) is 0 Å². The third-order valence-electron chi connectivity index (χ3n) is 4.89. The number of carbonyl (C=O) groups is 3. The number of halogens is 2. The smallest absolute Gasteiger partial charge is 0.326 e. The predicted molar refractivity (Wildman–Crippen MR) is 109 cm³/mol. The maximum absolute atomic E-state index is 13.2. The number of hydrogen-bond acceptors (Lipinski definition) is 3. The summed E-state index contributed by atoms with van der Waals surface area (Å²) in [6.45, 7) is 1.14. The molecule has 3 aromatic rings. The van der Waals surface area contributed by atoms with Gasteiger partial charge in [0.15, 0.2) is 0 Å². The lowest BCUT2D eigenvalue weighted by atomic mass is 10.0. The van der Waals surface area contributed by atoms with Gasteiger partial charge in [-0.15, -0.1) is 0 Å². The van der Waals surface area contributed by atoms with Crippen LogP contribution in [-0.4, -0.2) is 33.9 Å². The van der Waals surface area contributed by atoms with Crippen molar-refractivity contribution in [1.82, 2.24) is 15.6 Å². The highest BCUT2D eigenvalue weighted by Crippen LogP contribution is 2.19. The van der Waals surface area contributed by atoms with Gasteiger partial charge in [-0.25, -0.2) is 13.6 Å². The fourth-order valence-corrected chi connectivity index (χ4v) is 3.19. The zero-order valence-corrected chi connectivity index (χ0v) is 16.6.